The lowest BCUT2D eigenvalue weighted by Gasteiger charge is -2.44. The summed E-state index contributed by atoms with van der Waals surface area (Å²) in [6.45, 7) is 4.86. The Morgan fingerprint density at radius 3 is 2.50 bits per heavy atom. The molecule has 2 saturated carbocycles. The van der Waals surface area contributed by atoms with Crippen molar-refractivity contribution in [3.63, 3.8) is 0 Å². The van der Waals surface area contributed by atoms with E-state index in [1.165, 1.54) is 32.1 Å². The highest BCUT2D eigenvalue weighted by Crippen LogP contribution is 2.58. The number of imidazole rings is 1. The minimum Gasteiger partial charge on any atom is -0.507 e. The Kier molecular flexibility index (Phi) is 4.31. The number of phenols is 1. The van der Waals surface area contributed by atoms with Crippen LogP contribution in [-0.4, -0.2) is 42.9 Å². The van der Waals surface area contributed by atoms with Crippen LogP contribution in [0.5, 0.6) is 5.75 Å². The number of hydrogen-bond acceptors (Lipinski definition) is 6. The molecule has 2 fully saturated rings. The largest absolute Gasteiger partial charge is 0.507 e. The first-order valence-corrected chi connectivity index (χ1v) is 10.6. The second kappa shape index (κ2) is 6.79. The molecule has 2 heterocycles. The molecular weight excluding hydrogens is 376 g/mol. The quantitative estimate of drug-likeness (QED) is 0.701. The van der Waals surface area contributed by atoms with Crippen LogP contribution in [0.3, 0.4) is 0 Å². The summed E-state index contributed by atoms with van der Waals surface area (Å²) >= 11 is 0. The van der Waals surface area contributed by atoms with Crippen LogP contribution < -0.4 is 4.90 Å². The van der Waals surface area contributed by atoms with Crippen molar-refractivity contribution in [1.82, 2.24) is 24.7 Å². The van der Waals surface area contributed by atoms with Crippen molar-refractivity contribution in [3.05, 3.63) is 43.1 Å². The number of hydrogen-bond donors (Lipinski definition) is 1. The highest BCUT2D eigenvalue weighted by atomic mass is 16.3. The Morgan fingerprint density at radius 2 is 1.90 bits per heavy atom. The molecule has 0 radical (unpaired) electrons. The lowest BCUT2D eigenvalue weighted by atomic mass is 9.68. The predicted molar refractivity (Wildman–Crippen MR) is 116 cm³/mol. The van der Waals surface area contributed by atoms with Gasteiger partial charge in [0.2, 0.25) is 0 Å². The Balaban J connectivity index is 1.36. The van der Waals surface area contributed by atoms with Crippen molar-refractivity contribution in [1.29, 1.82) is 0 Å². The second-order valence-corrected chi connectivity index (χ2v) is 9.78. The maximum absolute atomic E-state index is 10.5. The number of fused-ring (bicyclic) bond motifs is 2. The molecule has 2 bridgehead atoms. The van der Waals surface area contributed by atoms with E-state index < -0.39 is 0 Å². The molecule has 2 aromatic heterocycles. The van der Waals surface area contributed by atoms with E-state index in [0.29, 0.717) is 28.3 Å². The molecule has 30 heavy (non-hydrogen) atoms. The van der Waals surface area contributed by atoms with Gasteiger partial charge in [-0.15, -0.1) is 10.2 Å². The van der Waals surface area contributed by atoms with Crippen LogP contribution in [0.4, 0.5) is 5.82 Å². The molecule has 156 valence electrons. The molecule has 3 atom stereocenters. The SMILES string of the molecule is CN(c1cnc(-c2ccc(-n3ccnc3)cc2O)nn1)C1C[C@]2(C)CC[C@](C)(C1)C2. The number of phenolic OH excluding ortho intramolecular Hbond substituents is 1. The third kappa shape index (κ3) is 3.32. The van der Waals surface area contributed by atoms with Crippen LogP contribution in [0.25, 0.3) is 17.1 Å². The van der Waals surface area contributed by atoms with E-state index in [1.807, 2.05) is 22.9 Å². The van der Waals surface area contributed by atoms with E-state index in [-0.39, 0.29) is 5.75 Å². The zero-order chi connectivity index (χ0) is 20.9. The van der Waals surface area contributed by atoms with Gasteiger partial charge in [-0.25, -0.2) is 9.97 Å². The van der Waals surface area contributed by atoms with E-state index >= 15 is 0 Å². The maximum Gasteiger partial charge on any atom is 0.185 e. The zero-order valence-corrected chi connectivity index (χ0v) is 17.8. The van der Waals surface area contributed by atoms with Gasteiger partial charge in [0.15, 0.2) is 11.6 Å². The Morgan fingerprint density at radius 1 is 1.13 bits per heavy atom. The van der Waals surface area contributed by atoms with Gasteiger partial charge in [-0.05, 0) is 55.1 Å². The molecule has 5 rings (SSSR count). The first kappa shape index (κ1) is 19.0. The standard InChI is InChI=1S/C23H28N6O/c1-22-6-7-23(2,14-22)12-17(11-22)28(3)20-13-25-21(27-26-20)18-5-4-16(10-19(18)30)29-9-8-24-15-29/h4-5,8-10,13,15,17,30H,6-7,11-12,14H2,1-3H3/t17?,22-,23+. The monoisotopic (exact) mass is 404 g/mol. The highest BCUT2D eigenvalue weighted by molar-refractivity contribution is 5.66. The summed E-state index contributed by atoms with van der Waals surface area (Å²) in [6.07, 6.45) is 13.4. The van der Waals surface area contributed by atoms with E-state index in [0.717, 1.165) is 11.5 Å². The van der Waals surface area contributed by atoms with Gasteiger partial charge >= 0.3 is 0 Å². The molecule has 0 saturated heterocycles. The molecular formula is C23H28N6O. The van der Waals surface area contributed by atoms with Crippen molar-refractivity contribution in [2.24, 2.45) is 10.8 Å². The summed E-state index contributed by atoms with van der Waals surface area (Å²) in [4.78, 5) is 10.8. The van der Waals surface area contributed by atoms with Crippen molar-refractivity contribution >= 4 is 5.82 Å². The minimum absolute atomic E-state index is 0.119. The van der Waals surface area contributed by atoms with Gasteiger partial charge in [0.05, 0.1) is 23.8 Å². The van der Waals surface area contributed by atoms with Crippen LogP contribution in [0.15, 0.2) is 43.1 Å². The topological polar surface area (TPSA) is 80.0 Å². The van der Waals surface area contributed by atoms with Gasteiger partial charge in [0, 0.05) is 31.5 Å². The molecule has 7 nitrogen and oxygen atoms in total. The number of nitrogens with zero attached hydrogens (tertiary/aromatic N) is 6. The Bertz CT molecular complexity index is 1030. The van der Waals surface area contributed by atoms with Crippen LogP contribution in [0.1, 0.15) is 46.0 Å². The van der Waals surface area contributed by atoms with Crippen molar-refractivity contribution < 1.29 is 5.11 Å². The van der Waals surface area contributed by atoms with Crippen LogP contribution in [0.2, 0.25) is 0 Å². The molecule has 0 spiro atoms. The molecule has 7 heteroatoms. The summed E-state index contributed by atoms with van der Waals surface area (Å²) < 4.78 is 1.83. The molecule has 1 N–H and O–H groups in total. The molecule has 0 aliphatic heterocycles. The Hall–Kier alpha value is -2.96. The van der Waals surface area contributed by atoms with Crippen LogP contribution >= 0.6 is 0 Å². The average Bonchev–Trinajstić information content (AvgIpc) is 3.33. The smallest absolute Gasteiger partial charge is 0.185 e. The summed E-state index contributed by atoms with van der Waals surface area (Å²) in [6, 6.07) is 5.85. The molecule has 0 amide bonds. The molecule has 2 aliphatic rings. The number of rotatable bonds is 4. The summed E-state index contributed by atoms with van der Waals surface area (Å²) in [5.74, 6) is 1.32. The van der Waals surface area contributed by atoms with Gasteiger partial charge < -0.3 is 14.6 Å². The van der Waals surface area contributed by atoms with Crippen molar-refractivity contribution in [2.75, 3.05) is 11.9 Å². The van der Waals surface area contributed by atoms with E-state index in [4.69, 9.17) is 0 Å². The van der Waals surface area contributed by atoms with E-state index in [1.54, 1.807) is 24.8 Å². The minimum atomic E-state index is 0.119. The third-order valence-corrected chi connectivity index (χ3v) is 7.13. The van der Waals surface area contributed by atoms with Crippen molar-refractivity contribution in [2.45, 2.75) is 52.0 Å². The first-order chi connectivity index (χ1) is 14.3. The molecule has 1 aromatic carbocycles. The number of anilines is 1. The highest BCUT2D eigenvalue weighted by Gasteiger charge is 2.50. The molecule has 3 aromatic rings. The van der Waals surface area contributed by atoms with Gasteiger partial charge in [0.1, 0.15) is 5.75 Å². The normalized spacial score (nSPS) is 27.9. The van der Waals surface area contributed by atoms with Crippen LogP contribution in [0, 0.1) is 10.8 Å². The van der Waals surface area contributed by atoms with Gasteiger partial charge in [0.25, 0.3) is 0 Å². The average molecular weight is 405 g/mol. The van der Waals surface area contributed by atoms with Crippen LogP contribution in [-0.2, 0) is 0 Å². The lowest BCUT2D eigenvalue weighted by molar-refractivity contribution is 0.148. The summed E-state index contributed by atoms with van der Waals surface area (Å²) in [5, 5.41) is 19.3. The first-order valence-electron chi connectivity index (χ1n) is 10.6. The number of benzene rings is 1. The number of aromatic hydroxyl groups is 1. The fraction of sp³-hybridized carbons (Fsp3) is 0.478. The second-order valence-electron chi connectivity index (χ2n) is 9.78. The van der Waals surface area contributed by atoms with Crippen molar-refractivity contribution in [3.8, 4) is 22.8 Å². The zero-order valence-electron chi connectivity index (χ0n) is 17.8. The van der Waals surface area contributed by atoms with Gasteiger partial charge in [-0.2, -0.15) is 0 Å². The van der Waals surface area contributed by atoms with Gasteiger partial charge in [-0.1, -0.05) is 13.8 Å². The third-order valence-electron chi connectivity index (χ3n) is 7.13. The summed E-state index contributed by atoms with van der Waals surface area (Å²) in [5.41, 5.74) is 2.27. The lowest BCUT2D eigenvalue weighted by Crippen LogP contribution is -2.43. The molecule has 1 unspecified atom stereocenters. The summed E-state index contributed by atoms with van der Waals surface area (Å²) in [7, 11) is 2.10. The number of aromatic nitrogens is 5. The fourth-order valence-electron chi connectivity index (χ4n) is 5.67. The van der Waals surface area contributed by atoms with E-state index in [2.05, 4.69) is 46.0 Å². The van der Waals surface area contributed by atoms with Gasteiger partial charge in [-0.3, -0.25) is 0 Å². The predicted octanol–water partition coefficient (Wildman–Crippen LogP) is 4.23. The van der Waals surface area contributed by atoms with E-state index in [9.17, 15) is 5.11 Å². The Labute approximate surface area is 176 Å². The molecule has 2 aliphatic carbocycles. The maximum atomic E-state index is 10.5. The fourth-order valence-corrected chi connectivity index (χ4v) is 5.67.